The van der Waals surface area contributed by atoms with Gasteiger partial charge in [-0.2, -0.15) is 0 Å². The third-order valence-electron chi connectivity index (χ3n) is 2.86. The van der Waals surface area contributed by atoms with Gasteiger partial charge in [-0.05, 0) is 12.1 Å². The van der Waals surface area contributed by atoms with E-state index in [9.17, 15) is 4.79 Å². The number of hydrogen-bond donors (Lipinski definition) is 1. The fourth-order valence-corrected chi connectivity index (χ4v) is 1.85. The van der Waals surface area contributed by atoms with Gasteiger partial charge >= 0.3 is 0 Å². The van der Waals surface area contributed by atoms with Crippen molar-refractivity contribution in [3.05, 3.63) is 66.8 Å². The Morgan fingerprint density at radius 1 is 1.19 bits per heavy atom. The summed E-state index contributed by atoms with van der Waals surface area (Å²) in [5.41, 5.74) is 1.20. The van der Waals surface area contributed by atoms with E-state index in [4.69, 9.17) is 0 Å². The molecule has 0 radical (unpaired) electrons. The molecular formula is C14H12N6O. The van der Waals surface area contributed by atoms with E-state index in [0.29, 0.717) is 5.82 Å². The van der Waals surface area contributed by atoms with Crippen molar-refractivity contribution in [1.29, 1.82) is 0 Å². The number of para-hydroxylation sites is 1. The van der Waals surface area contributed by atoms with E-state index in [1.165, 1.54) is 18.6 Å². The summed E-state index contributed by atoms with van der Waals surface area (Å²) < 4.78 is 1.82. The maximum atomic E-state index is 11.9. The number of nitrogens with one attached hydrogen (secondary N) is 1. The zero-order valence-electron chi connectivity index (χ0n) is 11.0. The van der Waals surface area contributed by atoms with Crippen LogP contribution in [-0.2, 0) is 6.54 Å². The average Bonchev–Trinajstić information content (AvgIpc) is 3.03. The third-order valence-corrected chi connectivity index (χ3v) is 2.86. The summed E-state index contributed by atoms with van der Waals surface area (Å²) in [4.78, 5) is 19.7. The molecule has 0 saturated carbocycles. The molecule has 2 aromatic heterocycles. The van der Waals surface area contributed by atoms with E-state index in [-0.39, 0.29) is 18.1 Å². The van der Waals surface area contributed by atoms with E-state index in [2.05, 4.69) is 25.5 Å². The van der Waals surface area contributed by atoms with Crippen LogP contribution in [0.1, 0.15) is 16.3 Å². The van der Waals surface area contributed by atoms with Crippen molar-refractivity contribution in [2.45, 2.75) is 6.54 Å². The Hall–Kier alpha value is -3.09. The molecule has 0 spiro atoms. The lowest BCUT2D eigenvalue weighted by molar-refractivity contribution is 0.0944. The predicted molar refractivity (Wildman–Crippen MR) is 74.6 cm³/mol. The molecule has 7 nitrogen and oxygen atoms in total. The summed E-state index contributed by atoms with van der Waals surface area (Å²) in [5.74, 6) is 0.337. The number of benzene rings is 1. The zero-order valence-corrected chi connectivity index (χ0v) is 11.0. The number of hydrogen-bond acceptors (Lipinski definition) is 5. The summed E-state index contributed by atoms with van der Waals surface area (Å²) in [6, 6.07) is 9.67. The van der Waals surface area contributed by atoms with Gasteiger partial charge < -0.3 is 5.32 Å². The molecule has 0 bridgehead atoms. The molecule has 2 heterocycles. The SMILES string of the molecule is O=C(NCc1nncn1-c1ccccc1)c1cnccn1. The first kappa shape index (κ1) is 12.9. The first-order valence-electron chi connectivity index (χ1n) is 6.33. The molecule has 3 rings (SSSR count). The van der Waals surface area contributed by atoms with Gasteiger partial charge in [-0.25, -0.2) is 4.98 Å². The predicted octanol–water partition coefficient (Wildman–Crippen LogP) is 0.987. The van der Waals surface area contributed by atoms with Gasteiger partial charge in [-0.15, -0.1) is 10.2 Å². The van der Waals surface area contributed by atoms with Gasteiger partial charge in [0.1, 0.15) is 12.0 Å². The molecule has 104 valence electrons. The molecular weight excluding hydrogens is 268 g/mol. The highest BCUT2D eigenvalue weighted by Crippen LogP contribution is 2.08. The molecule has 3 aromatic rings. The Balaban J connectivity index is 1.73. The van der Waals surface area contributed by atoms with E-state index in [1.54, 1.807) is 6.33 Å². The Morgan fingerprint density at radius 2 is 2.05 bits per heavy atom. The van der Waals surface area contributed by atoms with E-state index in [1.807, 2.05) is 34.9 Å². The maximum absolute atomic E-state index is 11.9. The molecule has 21 heavy (non-hydrogen) atoms. The zero-order chi connectivity index (χ0) is 14.5. The van der Waals surface area contributed by atoms with Crippen LogP contribution in [-0.4, -0.2) is 30.6 Å². The highest BCUT2D eigenvalue weighted by Gasteiger charge is 2.10. The molecule has 1 amide bonds. The molecule has 0 aliphatic heterocycles. The van der Waals surface area contributed by atoms with E-state index in [0.717, 1.165) is 5.69 Å². The summed E-state index contributed by atoms with van der Waals surface area (Å²) in [7, 11) is 0. The van der Waals surface area contributed by atoms with Crippen LogP contribution in [0.15, 0.2) is 55.2 Å². The number of carbonyl (C=O) groups is 1. The first-order chi connectivity index (χ1) is 10.3. The van der Waals surface area contributed by atoms with Crippen LogP contribution < -0.4 is 5.32 Å². The van der Waals surface area contributed by atoms with Gasteiger partial charge in [0.2, 0.25) is 0 Å². The van der Waals surface area contributed by atoms with Gasteiger partial charge in [-0.1, -0.05) is 18.2 Å². The molecule has 1 N–H and O–H groups in total. The van der Waals surface area contributed by atoms with Gasteiger partial charge in [0, 0.05) is 18.1 Å². The number of nitrogens with zero attached hydrogens (tertiary/aromatic N) is 5. The molecule has 7 heteroatoms. The number of aromatic nitrogens is 5. The summed E-state index contributed by atoms with van der Waals surface area (Å²) in [6.45, 7) is 0.254. The number of amides is 1. The number of carbonyl (C=O) groups excluding carboxylic acids is 1. The number of rotatable bonds is 4. The van der Waals surface area contributed by atoms with Crippen LogP contribution in [0.3, 0.4) is 0 Å². The van der Waals surface area contributed by atoms with Crippen molar-refractivity contribution in [3.63, 3.8) is 0 Å². The molecule has 0 aliphatic rings. The fourth-order valence-electron chi connectivity index (χ4n) is 1.85. The standard InChI is InChI=1S/C14H12N6O/c21-14(12-8-15-6-7-16-12)17-9-13-19-18-10-20(13)11-4-2-1-3-5-11/h1-8,10H,9H2,(H,17,21). The Morgan fingerprint density at radius 3 is 2.81 bits per heavy atom. The van der Waals surface area contributed by atoms with Crippen molar-refractivity contribution in [2.75, 3.05) is 0 Å². The fraction of sp³-hybridized carbons (Fsp3) is 0.0714. The largest absolute Gasteiger partial charge is 0.343 e. The third kappa shape index (κ3) is 2.92. The quantitative estimate of drug-likeness (QED) is 0.770. The summed E-state index contributed by atoms with van der Waals surface area (Å²) >= 11 is 0. The second-order valence-electron chi connectivity index (χ2n) is 4.23. The second kappa shape index (κ2) is 5.91. The lowest BCUT2D eigenvalue weighted by Crippen LogP contribution is -2.25. The van der Waals surface area contributed by atoms with Gasteiger partial charge in [0.05, 0.1) is 12.7 Å². The monoisotopic (exact) mass is 280 g/mol. The van der Waals surface area contributed by atoms with Crippen LogP contribution in [0.5, 0.6) is 0 Å². The highest BCUT2D eigenvalue weighted by molar-refractivity contribution is 5.91. The Kier molecular flexibility index (Phi) is 3.64. The maximum Gasteiger partial charge on any atom is 0.271 e. The summed E-state index contributed by atoms with van der Waals surface area (Å²) in [5, 5.41) is 10.7. The van der Waals surface area contributed by atoms with Crippen molar-refractivity contribution in [2.24, 2.45) is 0 Å². The van der Waals surface area contributed by atoms with Gasteiger partial charge in [0.25, 0.3) is 5.91 Å². The minimum absolute atomic E-state index is 0.254. The lowest BCUT2D eigenvalue weighted by Gasteiger charge is -2.07. The summed E-state index contributed by atoms with van der Waals surface area (Å²) in [6.07, 6.45) is 6.01. The highest BCUT2D eigenvalue weighted by atomic mass is 16.1. The molecule has 0 atom stereocenters. The topological polar surface area (TPSA) is 85.6 Å². The van der Waals surface area contributed by atoms with Crippen molar-refractivity contribution in [3.8, 4) is 5.69 Å². The van der Waals surface area contributed by atoms with Crippen LogP contribution in [0, 0.1) is 0 Å². The van der Waals surface area contributed by atoms with Crippen molar-refractivity contribution < 1.29 is 4.79 Å². The van der Waals surface area contributed by atoms with Gasteiger partial charge in [0.15, 0.2) is 5.82 Å². The lowest BCUT2D eigenvalue weighted by atomic mass is 10.3. The van der Waals surface area contributed by atoms with Crippen molar-refractivity contribution >= 4 is 5.91 Å². The first-order valence-corrected chi connectivity index (χ1v) is 6.33. The van der Waals surface area contributed by atoms with E-state index >= 15 is 0 Å². The van der Waals surface area contributed by atoms with Crippen LogP contribution >= 0.6 is 0 Å². The van der Waals surface area contributed by atoms with Crippen LogP contribution in [0.25, 0.3) is 5.69 Å². The Labute approximate surface area is 120 Å². The minimum Gasteiger partial charge on any atom is -0.343 e. The smallest absolute Gasteiger partial charge is 0.271 e. The van der Waals surface area contributed by atoms with Crippen LogP contribution in [0.2, 0.25) is 0 Å². The minimum atomic E-state index is -0.300. The Bertz CT molecular complexity index is 725. The molecule has 1 aromatic carbocycles. The molecule has 0 fully saturated rings. The van der Waals surface area contributed by atoms with Gasteiger partial charge in [-0.3, -0.25) is 14.3 Å². The molecule has 0 unspecified atom stereocenters. The second-order valence-corrected chi connectivity index (χ2v) is 4.23. The van der Waals surface area contributed by atoms with Crippen molar-refractivity contribution in [1.82, 2.24) is 30.0 Å². The molecule has 0 saturated heterocycles. The van der Waals surface area contributed by atoms with E-state index < -0.39 is 0 Å². The van der Waals surface area contributed by atoms with Crippen LogP contribution in [0.4, 0.5) is 0 Å². The average molecular weight is 280 g/mol. The normalized spacial score (nSPS) is 10.3. The molecule has 0 aliphatic carbocycles.